The molecule has 1 fully saturated rings. The highest BCUT2D eigenvalue weighted by atomic mass is 79.9. The van der Waals surface area contributed by atoms with Gasteiger partial charge >= 0.3 is 0 Å². The minimum absolute atomic E-state index is 0.223. The fourth-order valence-corrected chi connectivity index (χ4v) is 7.32. The Labute approximate surface area is 186 Å². The molecule has 30 heavy (non-hydrogen) atoms. The first-order valence-corrected chi connectivity index (χ1v) is 12.3. The van der Waals surface area contributed by atoms with Crippen LogP contribution >= 0.6 is 15.9 Å². The highest BCUT2D eigenvalue weighted by molar-refractivity contribution is 9.10. The Morgan fingerprint density at radius 2 is 1.93 bits per heavy atom. The molecule has 1 saturated carbocycles. The third-order valence-corrected chi connectivity index (χ3v) is 8.80. The van der Waals surface area contributed by atoms with E-state index in [-0.39, 0.29) is 4.90 Å². The van der Waals surface area contributed by atoms with Gasteiger partial charge in [-0.25, -0.2) is 8.42 Å². The number of hydrogen-bond acceptors (Lipinski definition) is 4. The van der Waals surface area contributed by atoms with Crippen molar-refractivity contribution in [1.29, 1.82) is 10.5 Å². The molecule has 2 aromatic rings. The van der Waals surface area contributed by atoms with Crippen molar-refractivity contribution >= 4 is 31.6 Å². The minimum Gasteiger partial charge on any atom is -0.261 e. The summed E-state index contributed by atoms with van der Waals surface area (Å²) >= 11 is 3.53. The van der Waals surface area contributed by atoms with Crippen molar-refractivity contribution in [1.82, 2.24) is 0 Å². The number of nitrogens with zero attached hydrogens (tertiary/aromatic N) is 3. The molecule has 1 aliphatic heterocycles. The summed E-state index contributed by atoms with van der Waals surface area (Å²) in [5.41, 5.74) is 2.00. The van der Waals surface area contributed by atoms with E-state index in [1.54, 1.807) is 24.3 Å². The van der Waals surface area contributed by atoms with Crippen LogP contribution in [0.2, 0.25) is 0 Å². The molecule has 1 aliphatic carbocycles. The lowest BCUT2D eigenvalue weighted by Gasteiger charge is -2.44. The molecule has 0 amide bonds. The minimum atomic E-state index is -3.87. The maximum absolute atomic E-state index is 13.9. The Morgan fingerprint density at radius 1 is 1.20 bits per heavy atom. The number of rotatable bonds is 4. The third kappa shape index (κ3) is 3.12. The molecule has 0 spiro atoms. The first-order valence-electron chi connectivity index (χ1n) is 10.0. The van der Waals surface area contributed by atoms with Crippen molar-refractivity contribution in [3.8, 4) is 12.1 Å². The first kappa shape index (κ1) is 20.9. The first-order chi connectivity index (χ1) is 14.3. The van der Waals surface area contributed by atoms with Gasteiger partial charge in [0.25, 0.3) is 10.0 Å². The SMILES string of the molecule is Cc1ccc(S(=O)(=O)N2c3ccc(Br)cc3[C@]3(CCC#N)CCC[C@@H](C#N)[C@H]23)cc1. The van der Waals surface area contributed by atoms with Crippen LogP contribution in [0, 0.1) is 35.5 Å². The smallest absolute Gasteiger partial charge is 0.261 e. The Hall–Kier alpha value is -2.35. The van der Waals surface area contributed by atoms with Gasteiger partial charge in [-0.3, -0.25) is 4.31 Å². The number of anilines is 1. The van der Waals surface area contributed by atoms with E-state index in [0.29, 0.717) is 24.9 Å². The fraction of sp³-hybridized carbons (Fsp3) is 0.391. The molecule has 0 N–H and O–H groups in total. The lowest BCUT2D eigenvalue weighted by Crippen LogP contribution is -2.53. The summed E-state index contributed by atoms with van der Waals surface area (Å²) in [6.07, 6.45) is 3.12. The number of aryl methyl sites for hydroxylation is 1. The van der Waals surface area contributed by atoms with Crippen LogP contribution in [-0.4, -0.2) is 14.5 Å². The Kier molecular flexibility index (Phi) is 5.38. The van der Waals surface area contributed by atoms with E-state index in [2.05, 4.69) is 28.1 Å². The zero-order valence-electron chi connectivity index (χ0n) is 16.7. The van der Waals surface area contributed by atoms with Gasteiger partial charge in [0.2, 0.25) is 0 Å². The molecule has 2 aromatic carbocycles. The Morgan fingerprint density at radius 3 is 2.60 bits per heavy atom. The highest BCUT2D eigenvalue weighted by Gasteiger charge is 2.58. The molecule has 0 radical (unpaired) electrons. The molecule has 0 bridgehead atoms. The molecule has 1 heterocycles. The summed E-state index contributed by atoms with van der Waals surface area (Å²) < 4.78 is 30.1. The highest BCUT2D eigenvalue weighted by Crippen LogP contribution is 2.58. The van der Waals surface area contributed by atoms with Crippen LogP contribution in [0.25, 0.3) is 0 Å². The molecule has 4 rings (SSSR count). The van der Waals surface area contributed by atoms with E-state index in [1.165, 1.54) is 4.31 Å². The molecular weight excluding hydrogens is 462 g/mol. The molecule has 2 aliphatic rings. The zero-order valence-corrected chi connectivity index (χ0v) is 19.1. The molecule has 7 heteroatoms. The lowest BCUT2D eigenvalue weighted by molar-refractivity contribution is 0.216. The molecule has 3 atom stereocenters. The van der Waals surface area contributed by atoms with Crippen LogP contribution in [0.5, 0.6) is 0 Å². The number of fused-ring (bicyclic) bond motifs is 3. The normalized spacial score (nSPS) is 25.1. The van der Waals surface area contributed by atoms with Gasteiger partial charge in [-0.05, 0) is 62.1 Å². The number of halogens is 1. The summed E-state index contributed by atoms with van der Waals surface area (Å²) in [6, 6.07) is 16.6. The van der Waals surface area contributed by atoms with Crippen LogP contribution < -0.4 is 4.31 Å². The average molecular weight is 484 g/mol. The second-order valence-electron chi connectivity index (χ2n) is 8.16. The van der Waals surface area contributed by atoms with Crippen molar-refractivity contribution in [3.05, 3.63) is 58.1 Å². The second-order valence-corrected chi connectivity index (χ2v) is 10.9. The second kappa shape index (κ2) is 7.72. The fourth-order valence-electron chi connectivity index (χ4n) is 5.18. The number of nitriles is 2. The van der Waals surface area contributed by atoms with Crippen molar-refractivity contribution < 1.29 is 8.42 Å². The van der Waals surface area contributed by atoms with Crippen LogP contribution in [0.4, 0.5) is 5.69 Å². The summed E-state index contributed by atoms with van der Waals surface area (Å²) in [5.74, 6) is -0.427. The van der Waals surface area contributed by atoms with Gasteiger partial charge in [-0.15, -0.1) is 0 Å². The van der Waals surface area contributed by atoms with Gasteiger partial charge in [0.15, 0.2) is 0 Å². The standard InChI is InChI=1S/C23H22BrN3O2S/c1-16-5-8-19(9-6-16)30(28,29)27-21-10-7-18(24)14-20(21)23(12-3-13-25)11-2-4-17(15-26)22(23)27/h5-10,14,17,22H,2-4,11-12H2,1H3/t17-,22-,23+/m0/s1. The van der Waals surface area contributed by atoms with Crippen LogP contribution in [0.3, 0.4) is 0 Å². The quantitative estimate of drug-likeness (QED) is 0.597. The molecule has 5 nitrogen and oxygen atoms in total. The zero-order chi connectivity index (χ0) is 21.5. The molecular formula is C23H22BrN3O2S. The van der Waals surface area contributed by atoms with Crippen molar-refractivity contribution in [3.63, 3.8) is 0 Å². The van der Waals surface area contributed by atoms with Crippen molar-refractivity contribution in [2.24, 2.45) is 5.92 Å². The number of sulfonamides is 1. The number of hydrogen-bond donors (Lipinski definition) is 0. The van der Waals surface area contributed by atoms with Crippen LogP contribution in [-0.2, 0) is 15.4 Å². The van der Waals surface area contributed by atoms with E-state index < -0.39 is 27.4 Å². The Balaban J connectivity index is 1.97. The van der Waals surface area contributed by atoms with Crippen molar-refractivity contribution in [2.75, 3.05) is 4.31 Å². The predicted molar refractivity (Wildman–Crippen MR) is 118 cm³/mol. The summed E-state index contributed by atoms with van der Waals surface area (Å²) in [4.78, 5) is 0.223. The predicted octanol–water partition coefficient (Wildman–Crippen LogP) is 5.20. The van der Waals surface area contributed by atoms with Crippen molar-refractivity contribution in [2.45, 2.75) is 55.4 Å². The largest absolute Gasteiger partial charge is 0.264 e. The van der Waals surface area contributed by atoms with Gasteiger partial charge in [0, 0.05) is 16.3 Å². The summed E-state index contributed by atoms with van der Waals surface area (Å²) in [6.45, 7) is 1.92. The Bertz CT molecular complexity index is 1160. The maximum Gasteiger partial charge on any atom is 0.264 e. The summed E-state index contributed by atoms with van der Waals surface area (Å²) in [5, 5.41) is 19.3. The van der Waals surface area contributed by atoms with E-state index in [4.69, 9.17) is 0 Å². The summed E-state index contributed by atoms with van der Waals surface area (Å²) in [7, 11) is -3.87. The van der Waals surface area contributed by atoms with Gasteiger partial charge in [0.1, 0.15) is 0 Å². The van der Waals surface area contributed by atoms with Crippen LogP contribution in [0.15, 0.2) is 51.8 Å². The monoisotopic (exact) mass is 483 g/mol. The van der Waals surface area contributed by atoms with E-state index >= 15 is 0 Å². The average Bonchev–Trinajstić information content (AvgIpc) is 3.03. The molecule has 154 valence electrons. The van der Waals surface area contributed by atoms with E-state index in [1.807, 2.05) is 25.1 Å². The third-order valence-electron chi connectivity index (χ3n) is 6.50. The van der Waals surface area contributed by atoms with Gasteiger partial charge in [0.05, 0.1) is 34.7 Å². The van der Waals surface area contributed by atoms with Gasteiger partial charge in [-0.2, -0.15) is 10.5 Å². The van der Waals surface area contributed by atoms with Gasteiger partial charge < -0.3 is 0 Å². The van der Waals surface area contributed by atoms with Crippen LogP contribution in [0.1, 0.15) is 43.2 Å². The number of benzene rings is 2. The van der Waals surface area contributed by atoms with Gasteiger partial charge in [-0.1, -0.05) is 40.0 Å². The molecule has 0 unspecified atom stereocenters. The van der Waals surface area contributed by atoms with E-state index in [0.717, 1.165) is 28.4 Å². The molecule has 0 saturated heterocycles. The molecule has 0 aromatic heterocycles. The maximum atomic E-state index is 13.9. The van der Waals surface area contributed by atoms with E-state index in [9.17, 15) is 18.9 Å². The topological polar surface area (TPSA) is 85.0 Å². The lowest BCUT2D eigenvalue weighted by atomic mass is 9.62.